The number of carboxylic acids is 1. The second-order valence-corrected chi connectivity index (χ2v) is 5.21. The van der Waals surface area contributed by atoms with Crippen molar-refractivity contribution >= 4 is 11.9 Å². The molecule has 0 aromatic heterocycles. The maximum Gasteiger partial charge on any atom is 0.309 e. The number of methoxy groups -OCH3 is 1. The van der Waals surface area contributed by atoms with Crippen LogP contribution >= 0.6 is 0 Å². The first-order valence-electron chi connectivity index (χ1n) is 5.91. The minimum atomic E-state index is -1.00. The number of carboxylic acid groups (broad SMARTS) is 1. The van der Waals surface area contributed by atoms with Gasteiger partial charge in [0, 0.05) is 26.6 Å². The number of amides is 1. The number of likely N-dealkylation sites (tertiary alicyclic amines) is 1. The van der Waals surface area contributed by atoms with Gasteiger partial charge in [0.2, 0.25) is 5.91 Å². The van der Waals surface area contributed by atoms with Crippen LogP contribution in [-0.4, -0.2) is 48.2 Å². The summed E-state index contributed by atoms with van der Waals surface area (Å²) in [7, 11) is 1.64. The van der Waals surface area contributed by atoms with Gasteiger partial charge in [-0.2, -0.15) is 0 Å². The van der Waals surface area contributed by atoms with Crippen LogP contribution in [0, 0.1) is 5.41 Å². The number of hydrogen-bond donors (Lipinski definition) is 1. The van der Waals surface area contributed by atoms with Crippen molar-refractivity contribution in [1.82, 2.24) is 4.90 Å². The number of hydrogen-bond acceptors (Lipinski definition) is 3. The fraction of sp³-hybridized carbons (Fsp3) is 0.833. The molecule has 0 aromatic carbocycles. The summed E-state index contributed by atoms with van der Waals surface area (Å²) < 4.78 is 5.24. The van der Waals surface area contributed by atoms with Gasteiger partial charge in [-0.3, -0.25) is 9.59 Å². The van der Waals surface area contributed by atoms with E-state index < -0.39 is 11.4 Å². The fourth-order valence-corrected chi connectivity index (χ4v) is 1.92. The van der Waals surface area contributed by atoms with E-state index in [1.54, 1.807) is 25.9 Å². The lowest BCUT2D eigenvalue weighted by atomic mass is 9.88. The third kappa shape index (κ3) is 3.70. The molecule has 0 bridgehead atoms. The molecule has 1 atom stereocenters. The van der Waals surface area contributed by atoms with Crippen molar-refractivity contribution in [1.29, 1.82) is 0 Å². The topological polar surface area (TPSA) is 66.8 Å². The zero-order valence-corrected chi connectivity index (χ0v) is 10.7. The highest BCUT2D eigenvalue weighted by atomic mass is 16.5. The average molecular weight is 243 g/mol. The summed E-state index contributed by atoms with van der Waals surface area (Å²) in [6, 6.07) is 0. The molecule has 0 spiro atoms. The summed E-state index contributed by atoms with van der Waals surface area (Å²) >= 11 is 0. The third-order valence-electron chi connectivity index (χ3n) is 3.24. The van der Waals surface area contributed by atoms with Crippen molar-refractivity contribution in [3.05, 3.63) is 0 Å². The van der Waals surface area contributed by atoms with Crippen molar-refractivity contribution in [3.63, 3.8) is 0 Å². The number of aliphatic carboxylic acids is 1. The van der Waals surface area contributed by atoms with E-state index in [4.69, 9.17) is 9.84 Å². The van der Waals surface area contributed by atoms with Gasteiger partial charge in [0.15, 0.2) is 0 Å². The zero-order valence-electron chi connectivity index (χ0n) is 10.7. The summed E-state index contributed by atoms with van der Waals surface area (Å²) in [6.07, 6.45) is 2.00. The van der Waals surface area contributed by atoms with E-state index in [9.17, 15) is 9.59 Å². The SMILES string of the molecule is COC1CCCN(C(=O)CC(C)(C)C(=O)O)C1. The van der Waals surface area contributed by atoms with Crippen molar-refractivity contribution < 1.29 is 19.4 Å². The zero-order chi connectivity index (χ0) is 13.1. The van der Waals surface area contributed by atoms with E-state index >= 15 is 0 Å². The monoisotopic (exact) mass is 243 g/mol. The summed E-state index contributed by atoms with van der Waals surface area (Å²) in [6.45, 7) is 4.43. The lowest BCUT2D eigenvalue weighted by Crippen LogP contribution is -2.45. The maximum absolute atomic E-state index is 12.0. The molecule has 1 fully saturated rings. The van der Waals surface area contributed by atoms with Crippen LogP contribution in [0.25, 0.3) is 0 Å². The van der Waals surface area contributed by atoms with E-state index in [0.717, 1.165) is 12.8 Å². The molecule has 0 aromatic rings. The van der Waals surface area contributed by atoms with Crippen molar-refractivity contribution in [2.24, 2.45) is 5.41 Å². The van der Waals surface area contributed by atoms with Crippen LogP contribution < -0.4 is 0 Å². The molecule has 17 heavy (non-hydrogen) atoms. The first-order chi connectivity index (χ1) is 7.86. The number of carbonyl (C=O) groups excluding carboxylic acids is 1. The van der Waals surface area contributed by atoms with Gasteiger partial charge in [0.1, 0.15) is 0 Å². The number of rotatable bonds is 4. The van der Waals surface area contributed by atoms with Gasteiger partial charge in [-0.1, -0.05) is 0 Å². The second kappa shape index (κ2) is 5.49. The molecule has 98 valence electrons. The van der Waals surface area contributed by atoms with Crippen LogP contribution in [0.15, 0.2) is 0 Å². The van der Waals surface area contributed by atoms with E-state index in [1.165, 1.54) is 0 Å². The molecular weight excluding hydrogens is 222 g/mol. The number of carbonyl (C=O) groups is 2. The molecule has 0 radical (unpaired) electrons. The Balaban J connectivity index is 2.55. The molecule has 1 saturated heterocycles. The molecule has 1 N–H and O–H groups in total. The quantitative estimate of drug-likeness (QED) is 0.803. The predicted molar refractivity (Wildman–Crippen MR) is 62.6 cm³/mol. The summed E-state index contributed by atoms with van der Waals surface area (Å²) in [5.41, 5.74) is -1.00. The smallest absolute Gasteiger partial charge is 0.309 e. The Hall–Kier alpha value is -1.10. The lowest BCUT2D eigenvalue weighted by Gasteiger charge is -2.33. The van der Waals surface area contributed by atoms with Crippen molar-refractivity contribution in [2.45, 2.75) is 39.2 Å². The van der Waals surface area contributed by atoms with Gasteiger partial charge < -0.3 is 14.7 Å². The van der Waals surface area contributed by atoms with Crippen LogP contribution in [0.5, 0.6) is 0 Å². The largest absolute Gasteiger partial charge is 0.481 e. The first-order valence-corrected chi connectivity index (χ1v) is 5.91. The third-order valence-corrected chi connectivity index (χ3v) is 3.24. The molecular formula is C12H21NO4. The van der Waals surface area contributed by atoms with E-state index in [0.29, 0.717) is 13.1 Å². The molecule has 1 heterocycles. The van der Waals surface area contributed by atoms with Gasteiger partial charge >= 0.3 is 5.97 Å². The van der Waals surface area contributed by atoms with Crippen LogP contribution in [0.1, 0.15) is 33.1 Å². The summed E-state index contributed by atoms with van der Waals surface area (Å²) in [5.74, 6) is -1.04. The second-order valence-electron chi connectivity index (χ2n) is 5.21. The Labute approximate surface area is 102 Å². The maximum atomic E-state index is 12.0. The highest BCUT2D eigenvalue weighted by Crippen LogP contribution is 2.23. The minimum absolute atomic E-state index is 0.0404. The first kappa shape index (κ1) is 14.0. The molecule has 5 nitrogen and oxygen atoms in total. The molecule has 0 aliphatic carbocycles. The average Bonchev–Trinajstić information content (AvgIpc) is 2.28. The predicted octanol–water partition coefficient (Wildman–Crippen LogP) is 1.12. The number of piperidine rings is 1. The van der Waals surface area contributed by atoms with Crippen molar-refractivity contribution in [3.8, 4) is 0 Å². The number of nitrogens with zero attached hydrogens (tertiary/aromatic N) is 1. The van der Waals surface area contributed by atoms with Crippen LogP contribution in [0.3, 0.4) is 0 Å². The Morgan fingerprint density at radius 1 is 1.47 bits per heavy atom. The Morgan fingerprint density at radius 3 is 2.65 bits per heavy atom. The van der Waals surface area contributed by atoms with Gasteiger partial charge in [0.25, 0.3) is 0 Å². The Kier molecular flexibility index (Phi) is 4.51. The summed E-state index contributed by atoms with van der Waals surface area (Å²) in [5, 5.41) is 8.99. The Morgan fingerprint density at radius 2 is 2.12 bits per heavy atom. The van der Waals surface area contributed by atoms with Gasteiger partial charge in [-0.05, 0) is 26.7 Å². The standard InChI is InChI=1S/C12H21NO4/c1-12(2,11(15)16)7-10(14)13-6-4-5-9(8-13)17-3/h9H,4-8H2,1-3H3,(H,15,16). The van der Waals surface area contributed by atoms with Crippen molar-refractivity contribution in [2.75, 3.05) is 20.2 Å². The summed E-state index contributed by atoms with van der Waals surface area (Å²) in [4.78, 5) is 24.7. The number of ether oxygens (including phenoxy) is 1. The molecule has 1 unspecified atom stereocenters. The highest BCUT2D eigenvalue weighted by Gasteiger charge is 2.33. The molecule has 1 amide bonds. The van der Waals surface area contributed by atoms with Crippen LogP contribution in [0.2, 0.25) is 0 Å². The van der Waals surface area contributed by atoms with Gasteiger partial charge in [-0.25, -0.2) is 0 Å². The molecule has 1 aliphatic heterocycles. The molecule has 5 heteroatoms. The Bertz CT molecular complexity index is 301. The van der Waals surface area contributed by atoms with Crippen LogP contribution in [0.4, 0.5) is 0 Å². The molecule has 0 saturated carbocycles. The lowest BCUT2D eigenvalue weighted by molar-refractivity contribution is -0.152. The highest BCUT2D eigenvalue weighted by molar-refractivity contribution is 5.84. The molecule has 1 aliphatic rings. The van der Waals surface area contributed by atoms with Crippen LogP contribution in [-0.2, 0) is 14.3 Å². The minimum Gasteiger partial charge on any atom is -0.481 e. The van der Waals surface area contributed by atoms with E-state index in [2.05, 4.69) is 0 Å². The fourth-order valence-electron chi connectivity index (χ4n) is 1.92. The normalized spacial score (nSPS) is 21.4. The van der Waals surface area contributed by atoms with Gasteiger partial charge in [-0.15, -0.1) is 0 Å². The van der Waals surface area contributed by atoms with Gasteiger partial charge in [0.05, 0.1) is 11.5 Å². The van der Waals surface area contributed by atoms with E-state index in [1.807, 2.05) is 0 Å². The molecule has 1 rings (SSSR count). The van der Waals surface area contributed by atoms with E-state index in [-0.39, 0.29) is 18.4 Å².